The number of phenolic OH excluding ortho intramolecular Hbond substituents is 1. The van der Waals surface area contributed by atoms with Crippen molar-refractivity contribution in [3.63, 3.8) is 0 Å². The Hall–Kier alpha value is -1.85. The summed E-state index contributed by atoms with van der Waals surface area (Å²) in [5.41, 5.74) is -0.284. The number of amides is 1. The lowest BCUT2D eigenvalue weighted by Gasteiger charge is -2.05. The molecule has 0 aromatic heterocycles. The molecule has 0 spiro atoms. The van der Waals surface area contributed by atoms with Crippen molar-refractivity contribution < 1.29 is 23.8 Å². The zero-order valence-electron chi connectivity index (χ0n) is 6.92. The molecule has 14 heavy (non-hydrogen) atoms. The van der Waals surface area contributed by atoms with Gasteiger partial charge in [-0.3, -0.25) is 0 Å². The maximum Gasteiger partial charge on any atom is 0.404 e. The average molecular weight is 203 g/mol. The van der Waals surface area contributed by atoms with Crippen LogP contribution >= 0.6 is 0 Å². The van der Waals surface area contributed by atoms with E-state index in [2.05, 4.69) is 0 Å². The molecule has 0 bridgehead atoms. The zero-order valence-corrected chi connectivity index (χ0v) is 6.92. The lowest BCUT2D eigenvalue weighted by atomic mass is 10.2. The van der Waals surface area contributed by atoms with Crippen molar-refractivity contribution in [2.45, 2.75) is 6.54 Å². The van der Waals surface area contributed by atoms with Crippen LogP contribution in [0.3, 0.4) is 0 Å². The molecule has 0 aliphatic rings. The van der Waals surface area contributed by atoms with Crippen LogP contribution in [-0.4, -0.2) is 16.3 Å². The minimum absolute atomic E-state index is 0.284. The maximum atomic E-state index is 12.9. The predicted molar refractivity (Wildman–Crippen MR) is 42.9 cm³/mol. The van der Waals surface area contributed by atoms with Crippen molar-refractivity contribution in [3.05, 3.63) is 29.3 Å². The molecule has 0 aliphatic heterocycles. The third-order valence-electron chi connectivity index (χ3n) is 1.55. The number of rotatable bonds is 2. The highest BCUT2D eigenvalue weighted by molar-refractivity contribution is 5.64. The second kappa shape index (κ2) is 3.91. The second-order valence-electron chi connectivity index (χ2n) is 2.54. The second-order valence-corrected chi connectivity index (χ2v) is 2.54. The maximum absolute atomic E-state index is 12.9. The number of nitrogens with one attached hydrogen (secondary N) is 1. The van der Waals surface area contributed by atoms with Crippen LogP contribution in [-0.2, 0) is 6.54 Å². The molecule has 6 heteroatoms. The van der Waals surface area contributed by atoms with Gasteiger partial charge in [0, 0.05) is 17.7 Å². The first-order valence-electron chi connectivity index (χ1n) is 3.64. The summed E-state index contributed by atoms with van der Waals surface area (Å²) in [6.45, 7) is -0.409. The van der Waals surface area contributed by atoms with Crippen LogP contribution in [0.2, 0.25) is 0 Å². The van der Waals surface area contributed by atoms with Crippen molar-refractivity contribution >= 4 is 6.09 Å². The van der Waals surface area contributed by atoms with E-state index in [1.54, 1.807) is 0 Å². The summed E-state index contributed by atoms with van der Waals surface area (Å²) in [4.78, 5) is 10.1. The molecule has 0 atom stereocenters. The van der Waals surface area contributed by atoms with Crippen LogP contribution < -0.4 is 5.32 Å². The minimum atomic E-state index is -1.35. The third kappa shape index (κ3) is 2.32. The average Bonchev–Trinajstić information content (AvgIpc) is 2.01. The Morgan fingerprint density at radius 1 is 1.43 bits per heavy atom. The van der Waals surface area contributed by atoms with Gasteiger partial charge >= 0.3 is 6.09 Å². The van der Waals surface area contributed by atoms with Gasteiger partial charge in [-0.2, -0.15) is 0 Å². The van der Waals surface area contributed by atoms with Crippen LogP contribution in [0.1, 0.15) is 5.56 Å². The van der Waals surface area contributed by atoms with Crippen LogP contribution in [0.15, 0.2) is 12.1 Å². The van der Waals surface area contributed by atoms with Crippen LogP contribution in [0.25, 0.3) is 0 Å². The van der Waals surface area contributed by atoms with Crippen LogP contribution in [0.4, 0.5) is 13.6 Å². The van der Waals surface area contributed by atoms with E-state index in [1.165, 1.54) is 0 Å². The summed E-state index contributed by atoms with van der Waals surface area (Å²) in [7, 11) is 0. The molecule has 0 saturated heterocycles. The van der Waals surface area contributed by atoms with Crippen LogP contribution in [0.5, 0.6) is 5.75 Å². The summed E-state index contributed by atoms with van der Waals surface area (Å²) < 4.78 is 25.4. The van der Waals surface area contributed by atoms with Gasteiger partial charge in [-0.1, -0.05) is 0 Å². The summed E-state index contributed by atoms with van der Waals surface area (Å²) in [5, 5.41) is 19.2. The van der Waals surface area contributed by atoms with E-state index >= 15 is 0 Å². The van der Waals surface area contributed by atoms with E-state index in [4.69, 9.17) is 10.2 Å². The van der Waals surface area contributed by atoms with Crippen molar-refractivity contribution in [3.8, 4) is 5.75 Å². The molecule has 0 fully saturated rings. The molecule has 1 aromatic rings. The lowest BCUT2D eigenvalue weighted by Crippen LogP contribution is -2.20. The fourth-order valence-corrected chi connectivity index (χ4v) is 0.929. The normalized spacial score (nSPS) is 9.86. The van der Waals surface area contributed by atoms with E-state index in [-0.39, 0.29) is 5.56 Å². The van der Waals surface area contributed by atoms with Gasteiger partial charge in [0.1, 0.15) is 17.4 Å². The van der Waals surface area contributed by atoms with Gasteiger partial charge in [0.25, 0.3) is 0 Å². The Morgan fingerprint density at radius 2 is 2.07 bits per heavy atom. The fourth-order valence-electron chi connectivity index (χ4n) is 0.929. The predicted octanol–water partition coefficient (Wildman–Crippen LogP) is 1.44. The smallest absolute Gasteiger partial charge is 0.404 e. The first kappa shape index (κ1) is 10.2. The van der Waals surface area contributed by atoms with E-state index in [0.717, 1.165) is 0 Å². The molecule has 1 aromatic carbocycles. The topological polar surface area (TPSA) is 69.6 Å². The summed E-state index contributed by atoms with van der Waals surface area (Å²) in [6, 6.07) is 1.28. The zero-order chi connectivity index (χ0) is 10.7. The Kier molecular flexibility index (Phi) is 2.85. The third-order valence-corrected chi connectivity index (χ3v) is 1.55. The summed E-state index contributed by atoms with van der Waals surface area (Å²) >= 11 is 0. The van der Waals surface area contributed by atoms with E-state index in [0.29, 0.717) is 12.1 Å². The first-order chi connectivity index (χ1) is 6.50. The highest BCUT2D eigenvalue weighted by atomic mass is 19.1. The number of aromatic hydroxyl groups is 1. The van der Waals surface area contributed by atoms with Crippen molar-refractivity contribution in [1.29, 1.82) is 0 Å². The van der Waals surface area contributed by atoms with E-state index < -0.39 is 30.0 Å². The Labute approximate surface area is 77.8 Å². The Bertz CT molecular complexity index is 345. The van der Waals surface area contributed by atoms with Gasteiger partial charge in [0.15, 0.2) is 0 Å². The number of hydrogen-bond donors (Lipinski definition) is 3. The van der Waals surface area contributed by atoms with Crippen molar-refractivity contribution in [2.75, 3.05) is 0 Å². The molecule has 0 aliphatic carbocycles. The SMILES string of the molecule is O=C(O)NCc1c(O)cc(F)cc1F. The Balaban J connectivity index is 2.91. The quantitative estimate of drug-likeness (QED) is 0.681. The monoisotopic (exact) mass is 203 g/mol. The standard InChI is InChI=1S/C8H7F2NO3/c9-4-1-6(10)5(7(12)2-4)3-11-8(13)14/h1-2,11-12H,3H2,(H,13,14). The van der Waals surface area contributed by atoms with Gasteiger partial charge in [-0.25, -0.2) is 13.6 Å². The van der Waals surface area contributed by atoms with Gasteiger partial charge < -0.3 is 15.5 Å². The minimum Gasteiger partial charge on any atom is -0.507 e. The largest absolute Gasteiger partial charge is 0.507 e. The lowest BCUT2D eigenvalue weighted by molar-refractivity contribution is 0.193. The van der Waals surface area contributed by atoms with Crippen molar-refractivity contribution in [1.82, 2.24) is 5.32 Å². The Morgan fingerprint density at radius 3 is 2.57 bits per heavy atom. The molecule has 76 valence electrons. The van der Waals surface area contributed by atoms with Gasteiger partial charge in [0.2, 0.25) is 0 Å². The number of hydrogen-bond acceptors (Lipinski definition) is 2. The van der Waals surface area contributed by atoms with Crippen LogP contribution in [0, 0.1) is 11.6 Å². The van der Waals surface area contributed by atoms with E-state index in [1.807, 2.05) is 5.32 Å². The molecule has 0 saturated carbocycles. The number of carbonyl (C=O) groups is 1. The number of phenols is 1. The van der Waals surface area contributed by atoms with Crippen molar-refractivity contribution in [2.24, 2.45) is 0 Å². The number of halogens is 2. The molecular weight excluding hydrogens is 196 g/mol. The molecule has 1 rings (SSSR count). The highest BCUT2D eigenvalue weighted by Crippen LogP contribution is 2.21. The van der Waals surface area contributed by atoms with Gasteiger partial charge in [-0.15, -0.1) is 0 Å². The van der Waals surface area contributed by atoms with Gasteiger partial charge in [0.05, 0.1) is 6.54 Å². The number of carboxylic acid groups (broad SMARTS) is 1. The molecule has 0 unspecified atom stereocenters. The molecular formula is C8H7F2NO3. The number of benzene rings is 1. The molecule has 1 amide bonds. The molecule has 0 radical (unpaired) electrons. The molecule has 3 N–H and O–H groups in total. The van der Waals surface area contributed by atoms with Gasteiger partial charge in [-0.05, 0) is 0 Å². The summed E-state index contributed by atoms with van der Waals surface area (Å²) in [6.07, 6.45) is -1.35. The first-order valence-corrected chi connectivity index (χ1v) is 3.64. The highest BCUT2D eigenvalue weighted by Gasteiger charge is 2.11. The molecule has 0 heterocycles. The fraction of sp³-hybridized carbons (Fsp3) is 0.125. The van der Waals surface area contributed by atoms with E-state index in [9.17, 15) is 13.6 Å². The summed E-state index contributed by atoms with van der Waals surface area (Å²) in [5.74, 6) is -2.52. The molecule has 4 nitrogen and oxygen atoms in total.